The van der Waals surface area contributed by atoms with Crippen molar-refractivity contribution in [2.75, 3.05) is 0 Å². The highest BCUT2D eigenvalue weighted by Gasteiger charge is 2.09. The summed E-state index contributed by atoms with van der Waals surface area (Å²) in [5.41, 5.74) is 0.865. The van der Waals surface area contributed by atoms with Crippen LogP contribution in [-0.4, -0.2) is 15.1 Å². The summed E-state index contributed by atoms with van der Waals surface area (Å²) >= 11 is 13.1. The van der Waals surface area contributed by atoms with Crippen LogP contribution in [0.3, 0.4) is 0 Å². The van der Waals surface area contributed by atoms with Crippen LogP contribution in [0, 0.1) is 0 Å². The first-order valence-electron chi connectivity index (χ1n) is 6.03. The Morgan fingerprint density at radius 1 is 1.00 bits per heavy atom. The maximum absolute atomic E-state index is 5.85. The van der Waals surface area contributed by atoms with E-state index in [9.17, 15) is 0 Å². The summed E-state index contributed by atoms with van der Waals surface area (Å²) in [6, 6.07) is 10.9. The Labute approximate surface area is 135 Å². The Hall–Kier alpha value is -1.56. The van der Waals surface area contributed by atoms with E-state index >= 15 is 0 Å². The smallest absolute Gasteiger partial charge is 0.237 e. The van der Waals surface area contributed by atoms with E-state index < -0.39 is 0 Å². The summed E-state index contributed by atoms with van der Waals surface area (Å²) in [6.45, 7) is 0. The van der Waals surface area contributed by atoms with Crippen LogP contribution in [0.4, 0.5) is 0 Å². The Bertz CT molecular complexity index is 729. The third kappa shape index (κ3) is 3.75. The lowest BCUT2D eigenvalue weighted by Gasteiger charge is -1.96. The molecule has 106 valence electrons. The van der Waals surface area contributed by atoms with E-state index in [1.165, 1.54) is 11.8 Å². The molecule has 0 radical (unpaired) electrons. The van der Waals surface area contributed by atoms with Crippen LogP contribution >= 0.6 is 35.0 Å². The van der Waals surface area contributed by atoms with Crippen molar-refractivity contribution in [2.45, 2.75) is 10.8 Å². The highest BCUT2D eigenvalue weighted by molar-refractivity contribution is 7.98. The average Bonchev–Trinajstić information content (AvgIpc) is 2.96. The van der Waals surface area contributed by atoms with Gasteiger partial charge in [-0.25, -0.2) is 4.98 Å². The van der Waals surface area contributed by atoms with Gasteiger partial charge in [0.05, 0.1) is 15.8 Å². The fraction of sp³-hybridized carbons (Fsp3) is 0.0714. The molecule has 2 aromatic heterocycles. The molecule has 0 fully saturated rings. The molecule has 0 saturated heterocycles. The maximum atomic E-state index is 5.85. The largest absolute Gasteiger partial charge is 0.338 e. The summed E-state index contributed by atoms with van der Waals surface area (Å²) in [5.74, 6) is 1.64. The van der Waals surface area contributed by atoms with Crippen LogP contribution in [0.25, 0.3) is 11.4 Å². The van der Waals surface area contributed by atoms with E-state index in [4.69, 9.17) is 27.7 Å². The van der Waals surface area contributed by atoms with Crippen LogP contribution in [0.1, 0.15) is 5.89 Å². The first-order chi connectivity index (χ1) is 10.2. The Morgan fingerprint density at radius 2 is 1.76 bits per heavy atom. The van der Waals surface area contributed by atoms with Crippen LogP contribution in [0.5, 0.6) is 0 Å². The first kappa shape index (κ1) is 14.4. The molecule has 1 aromatic carbocycles. The SMILES string of the molecule is Clc1ccc(-c2noc(CSc3ccc(Cl)cn3)n2)cc1. The molecule has 0 aliphatic carbocycles. The highest BCUT2D eigenvalue weighted by Crippen LogP contribution is 2.23. The predicted octanol–water partition coefficient (Wildman–Crippen LogP) is 4.73. The Morgan fingerprint density at radius 3 is 2.48 bits per heavy atom. The highest BCUT2D eigenvalue weighted by atomic mass is 35.5. The third-order valence-corrected chi connectivity index (χ3v) is 4.02. The number of hydrogen-bond donors (Lipinski definition) is 0. The second kappa shape index (κ2) is 6.47. The van der Waals surface area contributed by atoms with Crippen molar-refractivity contribution in [2.24, 2.45) is 0 Å². The second-order valence-electron chi connectivity index (χ2n) is 4.12. The van der Waals surface area contributed by atoms with Crippen LogP contribution in [0.15, 0.2) is 52.1 Å². The van der Waals surface area contributed by atoms with Crippen molar-refractivity contribution in [1.29, 1.82) is 0 Å². The Balaban J connectivity index is 1.67. The van der Waals surface area contributed by atoms with E-state index in [0.717, 1.165) is 10.6 Å². The summed E-state index contributed by atoms with van der Waals surface area (Å²) < 4.78 is 5.23. The fourth-order valence-electron chi connectivity index (χ4n) is 1.61. The number of rotatable bonds is 4. The number of pyridine rings is 1. The minimum atomic E-state index is 0.543. The molecule has 2 heterocycles. The molecule has 0 unspecified atom stereocenters. The first-order valence-corrected chi connectivity index (χ1v) is 7.78. The van der Waals surface area contributed by atoms with Crippen molar-refractivity contribution in [1.82, 2.24) is 15.1 Å². The molecule has 3 aromatic rings. The average molecular weight is 338 g/mol. The Kier molecular flexibility index (Phi) is 4.43. The van der Waals surface area contributed by atoms with Gasteiger partial charge in [-0.05, 0) is 36.4 Å². The predicted molar refractivity (Wildman–Crippen MR) is 83.6 cm³/mol. The molecule has 0 aliphatic heterocycles. The molecule has 0 amide bonds. The molecule has 0 N–H and O–H groups in total. The van der Waals surface area contributed by atoms with Crippen LogP contribution in [-0.2, 0) is 5.75 Å². The fourth-order valence-corrected chi connectivity index (χ4v) is 2.53. The van der Waals surface area contributed by atoms with Gasteiger partial charge < -0.3 is 4.52 Å². The summed E-state index contributed by atoms with van der Waals surface area (Å²) in [4.78, 5) is 8.54. The number of nitrogens with zero attached hydrogens (tertiary/aromatic N) is 3. The van der Waals surface area contributed by atoms with Crippen molar-refractivity contribution in [3.8, 4) is 11.4 Å². The van der Waals surface area contributed by atoms with Gasteiger partial charge in [-0.15, -0.1) is 0 Å². The lowest BCUT2D eigenvalue weighted by atomic mass is 10.2. The molecule has 4 nitrogen and oxygen atoms in total. The molecule has 0 atom stereocenters. The quantitative estimate of drug-likeness (QED) is 0.644. The normalized spacial score (nSPS) is 10.8. The van der Waals surface area contributed by atoms with Gasteiger partial charge in [0.2, 0.25) is 11.7 Å². The van der Waals surface area contributed by atoms with Crippen molar-refractivity contribution >= 4 is 35.0 Å². The van der Waals surface area contributed by atoms with E-state index in [1.54, 1.807) is 24.4 Å². The number of hydrogen-bond acceptors (Lipinski definition) is 5. The van der Waals surface area contributed by atoms with E-state index in [-0.39, 0.29) is 0 Å². The van der Waals surface area contributed by atoms with E-state index in [1.807, 2.05) is 18.2 Å². The zero-order chi connectivity index (χ0) is 14.7. The van der Waals surface area contributed by atoms with Crippen LogP contribution in [0.2, 0.25) is 10.0 Å². The minimum Gasteiger partial charge on any atom is -0.338 e. The minimum absolute atomic E-state index is 0.543. The summed E-state index contributed by atoms with van der Waals surface area (Å²) in [7, 11) is 0. The second-order valence-corrected chi connectivity index (χ2v) is 5.99. The zero-order valence-corrected chi connectivity index (χ0v) is 13.0. The van der Waals surface area contributed by atoms with E-state index in [0.29, 0.717) is 27.5 Å². The molecular formula is C14H9Cl2N3OS. The topological polar surface area (TPSA) is 51.8 Å². The number of aromatic nitrogens is 3. The third-order valence-electron chi connectivity index (χ3n) is 2.61. The van der Waals surface area contributed by atoms with Gasteiger partial charge in [0, 0.05) is 16.8 Å². The molecule has 0 saturated carbocycles. The summed E-state index contributed by atoms with van der Waals surface area (Å²) in [6.07, 6.45) is 1.61. The number of halogens is 2. The van der Waals surface area contributed by atoms with Gasteiger partial charge in [-0.2, -0.15) is 4.98 Å². The van der Waals surface area contributed by atoms with Gasteiger partial charge in [0.15, 0.2) is 0 Å². The van der Waals surface area contributed by atoms with Crippen molar-refractivity contribution in [3.05, 3.63) is 58.5 Å². The molecule has 21 heavy (non-hydrogen) atoms. The van der Waals surface area contributed by atoms with Gasteiger partial charge in [0.25, 0.3) is 0 Å². The summed E-state index contributed by atoms with van der Waals surface area (Å²) in [5, 5.41) is 6.10. The molecule has 0 aliphatic rings. The van der Waals surface area contributed by atoms with Gasteiger partial charge in [0.1, 0.15) is 0 Å². The zero-order valence-electron chi connectivity index (χ0n) is 10.7. The van der Waals surface area contributed by atoms with Gasteiger partial charge in [-0.3, -0.25) is 0 Å². The van der Waals surface area contributed by atoms with Gasteiger partial charge >= 0.3 is 0 Å². The molecule has 0 bridgehead atoms. The maximum Gasteiger partial charge on any atom is 0.237 e. The number of benzene rings is 1. The van der Waals surface area contributed by atoms with E-state index in [2.05, 4.69) is 15.1 Å². The van der Waals surface area contributed by atoms with Gasteiger partial charge in [-0.1, -0.05) is 40.1 Å². The lowest BCUT2D eigenvalue weighted by molar-refractivity contribution is 0.391. The monoisotopic (exact) mass is 337 g/mol. The standard InChI is InChI=1S/C14H9Cl2N3OS/c15-10-3-1-9(2-4-10)14-18-12(20-19-14)8-21-13-6-5-11(16)7-17-13/h1-7H,8H2. The molecular weight excluding hydrogens is 329 g/mol. The number of thioether (sulfide) groups is 1. The van der Waals surface area contributed by atoms with Crippen molar-refractivity contribution in [3.63, 3.8) is 0 Å². The van der Waals surface area contributed by atoms with Crippen molar-refractivity contribution < 1.29 is 4.52 Å². The lowest BCUT2D eigenvalue weighted by Crippen LogP contribution is -1.84. The van der Waals surface area contributed by atoms with Crippen LogP contribution < -0.4 is 0 Å². The molecule has 7 heteroatoms. The molecule has 0 spiro atoms. The molecule has 3 rings (SSSR count).